The third-order valence-electron chi connectivity index (χ3n) is 3.39. The summed E-state index contributed by atoms with van der Waals surface area (Å²) in [6, 6.07) is 0. The second-order valence-electron chi connectivity index (χ2n) is 4.89. The molecule has 0 aromatic rings. The van der Waals surface area contributed by atoms with E-state index in [4.69, 9.17) is 18.9 Å². The van der Waals surface area contributed by atoms with Crippen LogP contribution in [0.15, 0.2) is 0 Å². The van der Waals surface area contributed by atoms with Gasteiger partial charge in [-0.15, -0.1) is 0 Å². The summed E-state index contributed by atoms with van der Waals surface area (Å²) in [4.78, 5) is 0. The maximum absolute atomic E-state index is 5.95. The highest BCUT2D eigenvalue weighted by atomic mass is 16.6. The molecule has 0 aromatic heterocycles. The SMILES string of the molecule is COC1CC(C)OC(C(C)(C)OC)C1OC. The molecule has 1 saturated heterocycles. The largest absolute Gasteiger partial charge is 0.379 e. The highest BCUT2D eigenvalue weighted by Gasteiger charge is 2.45. The lowest BCUT2D eigenvalue weighted by Gasteiger charge is -2.45. The Morgan fingerprint density at radius 1 is 1.12 bits per heavy atom. The summed E-state index contributed by atoms with van der Waals surface area (Å²) in [5, 5.41) is 0. The molecule has 0 saturated carbocycles. The summed E-state index contributed by atoms with van der Waals surface area (Å²) in [5.74, 6) is 0. The highest BCUT2D eigenvalue weighted by molar-refractivity contribution is 4.95. The fourth-order valence-electron chi connectivity index (χ4n) is 2.22. The molecule has 4 heteroatoms. The van der Waals surface area contributed by atoms with E-state index in [0.29, 0.717) is 0 Å². The minimum absolute atomic E-state index is 0.0631. The maximum atomic E-state index is 5.95. The first-order valence-corrected chi connectivity index (χ1v) is 5.72. The van der Waals surface area contributed by atoms with E-state index >= 15 is 0 Å². The van der Waals surface area contributed by atoms with Gasteiger partial charge < -0.3 is 18.9 Å². The molecule has 0 N–H and O–H groups in total. The summed E-state index contributed by atoms with van der Waals surface area (Å²) in [6.45, 7) is 6.07. The Labute approximate surface area is 98.2 Å². The molecule has 1 fully saturated rings. The van der Waals surface area contributed by atoms with E-state index in [1.807, 2.05) is 13.8 Å². The van der Waals surface area contributed by atoms with Crippen molar-refractivity contribution in [3.05, 3.63) is 0 Å². The van der Waals surface area contributed by atoms with Crippen LogP contribution >= 0.6 is 0 Å². The van der Waals surface area contributed by atoms with Crippen LogP contribution < -0.4 is 0 Å². The van der Waals surface area contributed by atoms with Gasteiger partial charge in [-0.2, -0.15) is 0 Å². The fourth-order valence-corrected chi connectivity index (χ4v) is 2.22. The summed E-state index contributed by atoms with van der Waals surface area (Å²) >= 11 is 0. The van der Waals surface area contributed by atoms with Crippen LogP contribution in [0.1, 0.15) is 27.2 Å². The number of hydrogen-bond acceptors (Lipinski definition) is 4. The Kier molecular flexibility index (Phi) is 4.73. The fraction of sp³-hybridized carbons (Fsp3) is 1.00. The zero-order valence-electron chi connectivity index (χ0n) is 11.1. The van der Waals surface area contributed by atoms with Crippen molar-refractivity contribution in [3.63, 3.8) is 0 Å². The van der Waals surface area contributed by atoms with Crippen LogP contribution in [0.5, 0.6) is 0 Å². The number of rotatable bonds is 4. The monoisotopic (exact) mass is 232 g/mol. The Morgan fingerprint density at radius 3 is 2.19 bits per heavy atom. The van der Waals surface area contributed by atoms with E-state index in [2.05, 4.69) is 6.92 Å². The molecule has 0 bridgehead atoms. The third kappa shape index (κ3) is 2.74. The van der Waals surface area contributed by atoms with Crippen LogP contribution in [0.3, 0.4) is 0 Å². The molecule has 1 rings (SSSR count). The number of methoxy groups -OCH3 is 3. The predicted molar refractivity (Wildman–Crippen MR) is 61.6 cm³/mol. The maximum Gasteiger partial charge on any atom is 0.115 e. The van der Waals surface area contributed by atoms with E-state index in [9.17, 15) is 0 Å². The molecule has 4 nitrogen and oxygen atoms in total. The van der Waals surface area contributed by atoms with Crippen molar-refractivity contribution in [3.8, 4) is 0 Å². The van der Waals surface area contributed by atoms with Crippen LogP contribution in [0.2, 0.25) is 0 Å². The van der Waals surface area contributed by atoms with E-state index in [1.54, 1.807) is 21.3 Å². The van der Waals surface area contributed by atoms with Crippen LogP contribution in [0.4, 0.5) is 0 Å². The minimum Gasteiger partial charge on any atom is -0.379 e. The smallest absolute Gasteiger partial charge is 0.115 e. The molecule has 0 spiro atoms. The first kappa shape index (κ1) is 13.9. The number of hydrogen-bond donors (Lipinski definition) is 0. The van der Waals surface area contributed by atoms with Gasteiger partial charge >= 0.3 is 0 Å². The molecular weight excluding hydrogens is 208 g/mol. The van der Waals surface area contributed by atoms with Crippen LogP contribution in [0.25, 0.3) is 0 Å². The average Bonchev–Trinajstić information content (AvgIpc) is 2.27. The van der Waals surface area contributed by atoms with Gasteiger partial charge in [0.15, 0.2) is 0 Å². The standard InChI is InChI=1S/C12H24O4/c1-8-7-9(13-4)10(14-5)11(16-8)12(2,3)15-6/h8-11H,7H2,1-6H3. The first-order chi connectivity index (χ1) is 7.46. The van der Waals surface area contributed by atoms with E-state index < -0.39 is 0 Å². The van der Waals surface area contributed by atoms with E-state index in [1.165, 1.54) is 0 Å². The third-order valence-corrected chi connectivity index (χ3v) is 3.39. The molecule has 0 aliphatic carbocycles. The summed E-state index contributed by atoms with van der Waals surface area (Å²) in [7, 11) is 5.09. The molecule has 0 aromatic carbocycles. The number of ether oxygens (including phenoxy) is 4. The lowest BCUT2D eigenvalue weighted by atomic mass is 9.88. The van der Waals surface area contributed by atoms with Crippen molar-refractivity contribution >= 4 is 0 Å². The van der Waals surface area contributed by atoms with E-state index in [0.717, 1.165) is 6.42 Å². The Bertz CT molecular complexity index is 217. The predicted octanol–water partition coefficient (Wildman–Crippen LogP) is 1.62. The lowest BCUT2D eigenvalue weighted by Crippen LogP contribution is -2.58. The topological polar surface area (TPSA) is 36.9 Å². The first-order valence-electron chi connectivity index (χ1n) is 5.72. The molecule has 16 heavy (non-hydrogen) atoms. The lowest BCUT2D eigenvalue weighted by molar-refractivity contribution is -0.235. The molecule has 4 atom stereocenters. The second kappa shape index (κ2) is 5.45. The summed E-state index contributed by atoms with van der Waals surface area (Å²) in [6.07, 6.45) is 0.877. The van der Waals surface area contributed by atoms with Crippen LogP contribution in [-0.4, -0.2) is 51.3 Å². The quantitative estimate of drug-likeness (QED) is 0.738. The van der Waals surface area contributed by atoms with Crippen molar-refractivity contribution in [1.29, 1.82) is 0 Å². The molecule has 0 radical (unpaired) electrons. The van der Waals surface area contributed by atoms with Crippen LogP contribution in [-0.2, 0) is 18.9 Å². The van der Waals surface area contributed by atoms with Gasteiger partial charge in [-0.25, -0.2) is 0 Å². The Hall–Kier alpha value is -0.160. The summed E-state index contributed by atoms with van der Waals surface area (Å²) < 4.78 is 22.4. The minimum atomic E-state index is -0.383. The Morgan fingerprint density at radius 2 is 1.75 bits per heavy atom. The van der Waals surface area contributed by atoms with Gasteiger partial charge in [0, 0.05) is 27.8 Å². The summed E-state index contributed by atoms with van der Waals surface area (Å²) in [5.41, 5.74) is -0.383. The van der Waals surface area contributed by atoms with Crippen molar-refractivity contribution in [2.75, 3.05) is 21.3 Å². The van der Waals surface area contributed by atoms with Crippen molar-refractivity contribution in [2.24, 2.45) is 0 Å². The van der Waals surface area contributed by atoms with Gasteiger partial charge in [-0.3, -0.25) is 0 Å². The van der Waals surface area contributed by atoms with E-state index in [-0.39, 0.29) is 30.0 Å². The van der Waals surface area contributed by atoms with Gasteiger partial charge in [-0.05, 0) is 20.8 Å². The van der Waals surface area contributed by atoms with Crippen molar-refractivity contribution < 1.29 is 18.9 Å². The highest BCUT2D eigenvalue weighted by Crippen LogP contribution is 2.32. The Balaban J connectivity index is 2.86. The zero-order chi connectivity index (χ0) is 12.3. The van der Waals surface area contributed by atoms with Crippen molar-refractivity contribution in [1.82, 2.24) is 0 Å². The average molecular weight is 232 g/mol. The van der Waals surface area contributed by atoms with Gasteiger partial charge in [0.25, 0.3) is 0 Å². The molecule has 1 heterocycles. The van der Waals surface area contributed by atoms with Gasteiger partial charge in [0.1, 0.15) is 12.2 Å². The van der Waals surface area contributed by atoms with Crippen LogP contribution in [0, 0.1) is 0 Å². The van der Waals surface area contributed by atoms with Gasteiger partial charge in [0.2, 0.25) is 0 Å². The molecule has 96 valence electrons. The van der Waals surface area contributed by atoms with Crippen molar-refractivity contribution in [2.45, 2.75) is 57.2 Å². The molecule has 4 unspecified atom stereocenters. The molecule has 1 aliphatic rings. The second-order valence-corrected chi connectivity index (χ2v) is 4.89. The normalized spacial score (nSPS) is 36.4. The van der Waals surface area contributed by atoms with Gasteiger partial charge in [0.05, 0.1) is 17.8 Å². The molecular formula is C12H24O4. The molecule has 1 aliphatic heterocycles. The molecule has 0 amide bonds. The van der Waals surface area contributed by atoms with Gasteiger partial charge in [-0.1, -0.05) is 0 Å². The zero-order valence-corrected chi connectivity index (χ0v) is 11.1.